The maximum Gasteiger partial charge on any atom is 0.496 e. The van der Waals surface area contributed by atoms with Crippen LogP contribution >= 0.6 is 0 Å². The Morgan fingerprint density at radius 3 is 2.31 bits per heavy atom. The van der Waals surface area contributed by atoms with Gasteiger partial charge in [0.1, 0.15) is 0 Å². The number of nitrogens with two attached hydrogens (primary N) is 1. The lowest BCUT2D eigenvalue weighted by atomic mass is 9.74. The van der Waals surface area contributed by atoms with E-state index in [1.807, 2.05) is 46.8 Å². The van der Waals surface area contributed by atoms with Gasteiger partial charge in [-0.3, -0.25) is 0 Å². The van der Waals surface area contributed by atoms with Crippen molar-refractivity contribution in [3.8, 4) is 0 Å². The first-order valence-corrected chi connectivity index (χ1v) is 10.6. The van der Waals surface area contributed by atoms with E-state index in [4.69, 9.17) is 19.2 Å². The van der Waals surface area contributed by atoms with Crippen molar-refractivity contribution in [1.29, 1.82) is 0 Å². The molecule has 1 aromatic carbocycles. The Balaban J connectivity index is 2.09. The molecule has 8 heteroatoms. The molecule has 144 valence electrons. The monoisotopic (exact) mass is 381 g/mol. The quantitative estimate of drug-likeness (QED) is 0.799. The molecule has 3 rings (SSSR count). The van der Waals surface area contributed by atoms with Crippen LogP contribution in [0.1, 0.15) is 45.2 Å². The molecule has 2 heterocycles. The molecule has 2 aliphatic rings. The Hall–Kier alpha value is -0.925. The van der Waals surface area contributed by atoms with Crippen LogP contribution < -0.4 is 10.6 Å². The van der Waals surface area contributed by atoms with Crippen molar-refractivity contribution in [1.82, 2.24) is 0 Å². The summed E-state index contributed by atoms with van der Waals surface area (Å²) in [5, 5.41) is 5.63. The molecule has 0 radical (unpaired) electrons. The van der Waals surface area contributed by atoms with Gasteiger partial charge in [-0.2, -0.15) is 0 Å². The van der Waals surface area contributed by atoms with Gasteiger partial charge in [0, 0.05) is 18.7 Å². The summed E-state index contributed by atoms with van der Waals surface area (Å²) in [7, 11) is -4.71. The molecule has 2 aliphatic heterocycles. The van der Waals surface area contributed by atoms with Crippen molar-refractivity contribution in [2.24, 2.45) is 11.1 Å². The molecule has 0 unspecified atom stereocenters. The molecular formula is C18H28BNO5S. The van der Waals surface area contributed by atoms with E-state index in [0.717, 1.165) is 12.0 Å². The average Bonchev–Trinajstić information content (AvgIpc) is 3.05. The van der Waals surface area contributed by atoms with Crippen LogP contribution in [0.5, 0.6) is 0 Å². The molecule has 2 fully saturated rings. The number of hydrogen-bond acceptors (Lipinski definition) is 5. The van der Waals surface area contributed by atoms with Crippen LogP contribution in [0.15, 0.2) is 17.0 Å². The second-order valence-electron chi connectivity index (χ2n) is 8.35. The largest absolute Gasteiger partial charge is 0.496 e. The number of aryl methyl sites for hydroxylation is 1. The third kappa shape index (κ3) is 3.58. The second-order valence-corrected chi connectivity index (χ2v) is 9.85. The van der Waals surface area contributed by atoms with Gasteiger partial charge < -0.3 is 14.0 Å². The lowest BCUT2D eigenvalue weighted by Gasteiger charge is -2.32. The summed E-state index contributed by atoms with van der Waals surface area (Å²) >= 11 is 0. The topological polar surface area (TPSA) is 87.9 Å². The number of primary sulfonamides is 1. The number of benzene rings is 1. The lowest BCUT2D eigenvalue weighted by molar-refractivity contribution is 0.00578. The minimum Gasteiger partial charge on any atom is -0.399 e. The summed E-state index contributed by atoms with van der Waals surface area (Å²) in [5.74, 6) is 0.296. The fourth-order valence-electron chi connectivity index (χ4n) is 3.55. The second kappa shape index (κ2) is 6.60. The third-order valence-electron chi connectivity index (χ3n) is 5.80. The lowest BCUT2D eigenvalue weighted by Crippen LogP contribution is -2.41. The molecule has 6 nitrogen and oxygen atoms in total. The molecule has 0 spiro atoms. The van der Waals surface area contributed by atoms with E-state index in [-0.39, 0.29) is 4.90 Å². The number of sulfonamides is 1. The smallest absolute Gasteiger partial charge is 0.399 e. The Labute approximate surface area is 156 Å². The van der Waals surface area contributed by atoms with E-state index in [1.54, 1.807) is 0 Å². The molecule has 2 saturated heterocycles. The first-order chi connectivity index (χ1) is 11.9. The predicted octanol–water partition coefficient (Wildman–Crippen LogP) is 1.52. The highest BCUT2D eigenvalue weighted by Gasteiger charge is 2.53. The van der Waals surface area contributed by atoms with E-state index >= 15 is 0 Å². The van der Waals surface area contributed by atoms with Crippen molar-refractivity contribution in [3.63, 3.8) is 0 Å². The Morgan fingerprint density at radius 2 is 1.81 bits per heavy atom. The number of rotatable bonds is 4. The highest BCUT2D eigenvalue weighted by atomic mass is 32.2. The highest BCUT2D eigenvalue weighted by molar-refractivity contribution is 7.89. The summed E-state index contributed by atoms with van der Waals surface area (Å²) in [6.45, 7) is 11.0. The Bertz CT molecular complexity index is 784. The molecule has 1 atom stereocenters. The molecule has 0 amide bonds. The maximum atomic E-state index is 12.5. The standard InChI is InChI=1S/C18H28BNO5S/c1-12-6-7-14(10-13-8-9-23-11-13)16(26(20,21)22)15(12)19-24-17(2,3)18(4,5)25-19/h6-7,13H,8-11H2,1-5H3,(H2,20,21,22)/t13-/m0/s1. The van der Waals surface area contributed by atoms with Crippen molar-refractivity contribution < 1.29 is 22.5 Å². The zero-order valence-electron chi connectivity index (χ0n) is 16.2. The summed E-state index contributed by atoms with van der Waals surface area (Å²) < 4.78 is 42.7. The summed E-state index contributed by atoms with van der Waals surface area (Å²) in [6, 6.07) is 3.77. The van der Waals surface area contributed by atoms with Crippen LogP contribution in [-0.4, -0.2) is 40.0 Å². The van der Waals surface area contributed by atoms with Gasteiger partial charge in [0.2, 0.25) is 10.0 Å². The Kier molecular flexibility index (Phi) is 5.03. The van der Waals surface area contributed by atoms with Gasteiger partial charge in [-0.15, -0.1) is 0 Å². The van der Waals surface area contributed by atoms with Crippen LogP contribution in [0.2, 0.25) is 0 Å². The van der Waals surface area contributed by atoms with E-state index in [1.165, 1.54) is 0 Å². The predicted molar refractivity (Wildman–Crippen MR) is 101 cm³/mol. The molecular weight excluding hydrogens is 353 g/mol. The first kappa shape index (κ1) is 19.8. The van der Waals surface area contributed by atoms with E-state index < -0.39 is 28.3 Å². The van der Waals surface area contributed by atoms with Crippen molar-refractivity contribution in [3.05, 3.63) is 23.3 Å². The summed E-state index contributed by atoms with van der Waals surface area (Å²) in [6.07, 6.45) is 1.53. The van der Waals surface area contributed by atoms with E-state index in [9.17, 15) is 8.42 Å². The minimum absolute atomic E-state index is 0.142. The van der Waals surface area contributed by atoms with Crippen molar-refractivity contribution in [2.75, 3.05) is 13.2 Å². The zero-order chi connectivity index (χ0) is 19.3. The van der Waals surface area contributed by atoms with Crippen LogP contribution in [-0.2, 0) is 30.5 Å². The molecule has 0 bridgehead atoms. The average molecular weight is 381 g/mol. The normalized spacial score (nSPS) is 25.0. The fraction of sp³-hybridized carbons (Fsp3) is 0.667. The van der Waals surface area contributed by atoms with Gasteiger partial charge in [0.25, 0.3) is 0 Å². The van der Waals surface area contributed by atoms with Crippen LogP contribution in [0.3, 0.4) is 0 Å². The highest BCUT2D eigenvalue weighted by Crippen LogP contribution is 2.37. The van der Waals surface area contributed by atoms with Crippen LogP contribution in [0.25, 0.3) is 0 Å². The molecule has 0 aromatic heterocycles. The van der Waals surface area contributed by atoms with Gasteiger partial charge in [-0.1, -0.05) is 12.1 Å². The molecule has 1 aromatic rings. The van der Waals surface area contributed by atoms with Gasteiger partial charge >= 0.3 is 7.12 Å². The number of ether oxygens (including phenoxy) is 1. The third-order valence-corrected chi connectivity index (χ3v) is 6.85. The Morgan fingerprint density at radius 1 is 1.19 bits per heavy atom. The first-order valence-electron chi connectivity index (χ1n) is 9.01. The van der Waals surface area contributed by atoms with Crippen molar-refractivity contribution in [2.45, 2.75) is 63.6 Å². The van der Waals surface area contributed by atoms with Gasteiger partial charge in [0.05, 0.1) is 16.1 Å². The maximum absolute atomic E-state index is 12.5. The van der Waals surface area contributed by atoms with Gasteiger partial charge in [-0.25, -0.2) is 13.6 Å². The molecule has 2 N–H and O–H groups in total. The molecule has 0 saturated carbocycles. The van der Waals surface area contributed by atoms with Gasteiger partial charge in [0.15, 0.2) is 0 Å². The van der Waals surface area contributed by atoms with Gasteiger partial charge in [-0.05, 0) is 64.5 Å². The van der Waals surface area contributed by atoms with Crippen molar-refractivity contribution >= 4 is 22.6 Å². The van der Waals surface area contributed by atoms with Crippen LogP contribution in [0.4, 0.5) is 0 Å². The molecule has 26 heavy (non-hydrogen) atoms. The SMILES string of the molecule is Cc1ccc(C[C@@H]2CCOC2)c(S(N)(=O)=O)c1B1OC(C)(C)C(C)(C)O1. The van der Waals surface area contributed by atoms with E-state index in [2.05, 4.69) is 0 Å². The zero-order valence-corrected chi connectivity index (χ0v) is 17.0. The van der Waals surface area contributed by atoms with E-state index in [0.29, 0.717) is 36.6 Å². The molecule has 0 aliphatic carbocycles. The fourth-order valence-corrected chi connectivity index (χ4v) is 4.63. The minimum atomic E-state index is -3.94. The number of hydrogen-bond donors (Lipinski definition) is 1. The van der Waals surface area contributed by atoms with Crippen LogP contribution in [0, 0.1) is 12.8 Å². The summed E-state index contributed by atoms with van der Waals surface area (Å²) in [4.78, 5) is 0.142. The summed E-state index contributed by atoms with van der Waals surface area (Å²) in [5.41, 5.74) is 0.893.